The van der Waals surface area contributed by atoms with Gasteiger partial charge in [0.1, 0.15) is 56.9 Å². The molecule has 21 atom stereocenters. The molecular formula is C102H90O37P+. The summed E-state index contributed by atoms with van der Waals surface area (Å²) in [6, 6.07) is 72.4. The first-order chi connectivity index (χ1) is 67.8. The third-order valence-electron chi connectivity index (χ3n) is 21.6. The lowest BCUT2D eigenvalue weighted by molar-refractivity contribution is -0.357. The fourth-order valence-corrected chi connectivity index (χ4v) is 15.8. The minimum absolute atomic E-state index is 0.0154. The molecule has 140 heavy (non-hydrogen) atoms. The summed E-state index contributed by atoms with van der Waals surface area (Å²) >= 11 is 0. The summed E-state index contributed by atoms with van der Waals surface area (Å²) in [4.78, 5) is 203. The van der Waals surface area contributed by atoms with Crippen LogP contribution in [0.1, 0.15) is 131 Å². The van der Waals surface area contributed by atoms with Gasteiger partial charge in [-0.15, -0.1) is 4.52 Å². The van der Waals surface area contributed by atoms with Crippen molar-refractivity contribution in [3.63, 3.8) is 0 Å². The van der Waals surface area contributed by atoms with Gasteiger partial charge in [0, 0.05) is 32.3 Å². The fourth-order valence-electron chi connectivity index (χ4n) is 15.2. The van der Waals surface area contributed by atoms with Gasteiger partial charge in [-0.3, -0.25) is 19.2 Å². The molecule has 724 valence electrons. The summed E-state index contributed by atoms with van der Waals surface area (Å²) in [7, 11) is -4.13. The molecule has 0 amide bonds. The summed E-state index contributed by atoms with van der Waals surface area (Å²) in [6.45, 7) is -0.445. The van der Waals surface area contributed by atoms with Gasteiger partial charge in [-0.05, 0) is 121 Å². The summed E-state index contributed by atoms with van der Waals surface area (Å²) in [5.41, 5.74) is -1.34. The molecule has 0 N–H and O–H groups in total. The zero-order valence-corrected chi connectivity index (χ0v) is 75.7. The molecule has 38 heteroatoms. The van der Waals surface area contributed by atoms with Crippen LogP contribution < -0.4 is 0 Å². The van der Waals surface area contributed by atoms with Crippen LogP contribution in [0.25, 0.3) is 0 Å². The highest BCUT2D eigenvalue weighted by atomic mass is 31.1. The van der Waals surface area contributed by atoms with E-state index in [4.69, 9.17) is 104 Å². The maximum atomic E-state index is 15.9. The minimum atomic E-state index is -4.13. The number of hydrogen-bond acceptors (Lipinski definition) is 37. The number of benzene rings is 10. The lowest BCUT2D eigenvalue weighted by atomic mass is 9.95. The monoisotopic (exact) mass is 1940 g/mol. The van der Waals surface area contributed by atoms with Crippen molar-refractivity contribution in [3.8, 4) is 0 Å². The minimum Gasteiger partial charge on any atom is -0.463 e. The van der Waals surface area contributed by atoms with Crippen molar-refractivity contribution >= 4 is 91.8 Å². The molecule has 0 radical (unpaired) electrons. The Balaban J connectivity index is 0.912. The predicted molar refractivity (Wildman–Crippen MR) is 477 cm³/mol. The molecule has 0 aromatic heterocycles. The number of carbonyl (C=O) groups is 14. The van der Waals surface area contributed by atoms with Gasteiger partial charge in [-0.1, -0.05) is 187 Å². The Morgan fingerprint density at radius 2 is 0.414 bits per heavy atom. The SMILES string of the molecule is CC(=O)OC[C@H]1O[C@H](O[P+](=O)OC[C@H]2O[C@@H](O[C@H]3[C@H](OC(=O)c4ccccc4)[C@H](OC(=O)c4ccccc4)[C@@H](OC(C)=O)O[C@@H]3COC(=O)c3ccccc3)[C@H](OC(=O)c3ccccc3)[C@@H](OC(=O)c3ccccc3)[C@H]2OC(=O)c2ccccc2)[C@@H](O[C@H]2O[C@H](COC(=O)c3ccccc3)[C@@H](OC(=O)c3ccccc3)[C@H](OC(=O)c3ccccc3)[C@@H]2OC(=O)c2ccccc2)[C@@H](OC(C)=O)[C@@H]1OC(C)=O. The van der Waals surface area contributed by atoms with E-state index in [2.05, 4.69) is 0 Å². The Labute approximate surface area is 799 Å². The average molecular weight is 1940 g/mol. The van der Waals surface area contributed by atoms with Gasteiger partial charge in [0.05, 0.1) is 55.6 Å². The molecule has 1 unspecified atom stereocenters. The Morgan fingerprint density at radius 3 is 0.707 bits per heavy atom. The van der Waals surface area contributed by atoms with E-state index in [1.54, 1.807) is 60.7 Å². The molecule has 0 saturated carbocycles. The number of esters is 14. The molecule has 37 nitrogen and oxygen atoms in total. The van der Waals surface area contributed by atoms with E-state index in [-0.39, 0.29) is 55.6 Å². The lowest BCUT2D eigenvalue weighted by Gasteiger charge is -2.48. The van der Waals surface area contributed by atoms with Crippen LogP contribution in [0.15, 0.2) is 303 Å². The maximum absolute atomic E-state index is 15.9. The van der Waals surface area contributed by atoms with E-state index in [0.29, 0.717) is 0 Å². The molecule has 0 spiro atoms. The number of ether oxygens (including phenoxy) is 20. The van der Waals surface area contributed by atoms with Crippen molar-refractivity contribution in [2.45, 2.75) is 151 Å². The van der Waals surface area contributed by atoms with E-state index in [1.165, 1.54) is 243 Å². The smallest absolute Gasteiger partial charge is 0.463 e. The predicted octanol–water partition coefficient (Wildman–Crippen LogP) is 11.9. The summed E-state index contributed by atoms with van der Waals surface area (Å²) in [6.07, 6.45) is -44.3. The highest BCUT2D eigenvalue weighted by Gasteiger charge is 2.63. The van der Waals surface area contributed by atoms with E-state index in [1.807, 2.05) is 0 Å². The number of rotatable bonds is 36. The van der Waals surface area contributed by atoms with Gasteiger partial charge >= 0.3 is 91.8 Å². The fraction of sp³-hybridized carbons (Fsp3) is 0.275. The van der Waals surface area contributed by atoms with Crippen molar-refractivity contribution < 1.29 is 175 Å². The largest absolute Gasteiger partial charge is 0.700 e. The van der Waals surface area contributed by atoms with Gasteiger partial charge in [-0.2, -0.15) is 0 Å². The summed E-state index contributed by atoms with van der Waals surface area (Å²) in [5.74, 6) is -16.0. The second kappa shape index (κ2) is 48.5. The number of hydrogen-bond donors (Lipinski definition) is 0. The van der Waals surface area contributed by atoms with Gasteiger partial charge in [-0.25, -0.2) is 47.9 Å². The van der Waals surface area contributed by atoms with Crippen LogP contribution in [0, 0.1) is 0 Å². The first-order valence-electron chi connectivity index (χ1n) is 43.6. The maximum Gasteiger partial charge on any atom is 0.700 e. The van der Waals surface area contributed by atoms with Gasteiger partial charge < -0.3 is 94.7 Å². The van der Waals surface area contributed by atoms with E-state index < -0.39 is 241 Å². The zero-order valence-electron chi connectivity index (χ0n) is 74.8. The van der Waals surface area contributed by atoms with Crippen LogP contribution >= 0.6 is 8.25 Å². The zero-order chi connectivity index (χ0) is 98.7. The second-order valence-electron chi connectivity index (χ2n) is 31.4. The average Bonchev–Trinajstić information content (AvgIpc) is 0.757. The molecule has 4 aliphatic heterocycles. The molecule has 14 rings (SSSR count). The summed E-state index contributed by atoms with van der Waals surface area (Å²) < 4.78 is 155. The highest BCUT2D eigenvalue weighted by Crippen LogP contribution is 2.43. The van der Waals surface area contributed by atoms with E-state index in [0.717, 1.165) is 27.7 Å². The molecule has 0 aliphatic carbocycles. The molecule has 0 bridgehead atoms. The second-order valence-corrected chi connectivity index (χ2v) is 32.3. The van der Waals surface area contributed by atoms with Gasteiger partial charge in [0.15, 0.2) is 73.6 Å². The molecule has 10 aromatic carbocycles. The molecule has 4 heterocycles. The Morgan fingerprint density at radius 1 is 0.207 bits per heavy atom. The van der Waals surface area contributed by atoms with Crippen LogP contribution in [0.4, 0.5) is 0 Å². The quantitative estimate of drug-likeness (QED) is 0.0200. The molecular weight excluding hydrogens is 1850 g/mol. The Hall–Kier alpha value is -15.4. The molecule has 4 aliphatic rings. The van der Waals surface area contributed by atoms with Crippen molar-refractivity contribution in [2.24, 2.45) is 0 Å². The van der Waals surface area contributed by atoms with E-state index >= 15 is 28.5 Å². The van der Waals surface area contributed by atoms with Crippen LogP contribution in [0.2, 0.25) is 0 Å². The van der Waals surface area contributed by atoms with Gasteiger partial charge in [0.25, 0.3) is 0 Å². The summed E-state index contributed by atoms with van der Waals surface area (Å²) in [5, 5.41) is 0. The van der Waals surface area contributed by atoms with Crippen molar-refractivity contribution in [2.75, 3.05) is 26.4 Å². The van der Waals surface area contributed by atoms with Gasteiger partial charge in [0.2, 0.25) is 18.7 Å². The topological polar surface area (TPSA) is 459 Å². The van der Waals surface area contributed by atoms with Crippen LogP contribution in [-0.2, 0) is 128 Å². The molecule has 10 aromatic rings. The first kappa shape index (κ1) is 100. The Kier molecular flexibility index (Phi) is 34.8. The van der Waals surface area contributed by atoms with E-state index in [9.17, 15) is 43.2 Å². The molecule has 4 fully saturated rings. The van der Waals surface area contributed by atoms with Crippen LogP contribution in [-0.4, -0.2) is 233 Å². The lowest BCUT2D eigenvalue weighted by Crippen LogP contribution is -2.67. The Bertz CT molecular complexity index is 5960. The highest BCUT2D eigenvalue weighted by molar-refractivity contribution is 7.33. The third-order valence-corrected chi connectivity index (χ3v) is 22.4. The third kappa shape index (κ3) is 26.7. The normalized spacial score (nSPS) is 24.1. The number of carbonyl (C=O) groups excluding carboxylic acids is 14. The first-order valence-corrected chi connectivity index (χ1v) is 44.7. The van der Waals surface area contributed by atoms with Crippen molar-refractivity contribution in [3.05, 3.63) is 359 Å². The van der Waals surface area contributed by atoms with Crippen LogP contribution in [0.5, 0.6) is 0 Å². The van der Waals surface area contributed by atoms with Crippen molar-refractivity contribution in [1.29, 1.82) is 0 Å². The standard InChI is InChI=1S/C102H90O37P/c1-59(103)118-55-73-77(122-60(2)104)81(123-61(3)105)88(138-101-87(136-98(116)72-53-33-14-34-54-72)82(131-93(111)67-43-23-9-24-44-67)78(129-91(109)65-39-19-7-20-40-65)74(126-101)56-119-89(107)63-35-15-5-16-36-63)102(128-73)139-140(117)121-58-76-79(130-92(110)66-41-21-8-22-42-66)83(132-94(112)68-45-25-10-26-46-68)86(135-97(115)71-51-31-13-32-52-71)100(127-76)137-80-75(57-120-90(108)64-37-17-6-18-38-64)125-99(124-62(4)106)85(134-96(114)70-49-29-12-30-50-70)84(80)133-95(113)69-47-27-11-28-48-69/h5-54,73-88,99-102H,55-58H2,1-4H3/q+1/t73-,74-,75-,76-,77-,78-,79+,80-,81+,82+,83+,84+,85+,86-,87+,88+,99+,100+,101-,102-/m1/s1. The van der Waals surface area contributed by atoms with Crippen LogP contribution in [0.3, 0.4) is 0 Å². The van der Waals surface area contributed by atoms with Crippen molar-refractivity contribution in [1.82, 2.24) is 0 Å². The molecule has 4 saturated heterocycles.